The van der Waals surface area contributed by atoms with Crippen molar-refractivity contribution in [1.29, 1.82) is 0 Å². The van der Waals surface area contributed by atoms with Crippen LogP contribution in [0.1, 0.15) is 32.4 Å². The SMILES string of the molecule is CN(CC(C)(C)C)C(C(=O)NN)c1ccccc1. The fourth-order valence-corrected chi connectivity index (χ4v) is 2.16. The van der Waals surface area contributed by atoms with Crippen molar-refractivity contribution >= 4 is 5.91 Å². The molecule has 4 heteroatoms. The molecule has 0 aliphatic carbocycles. The molecule has 1 unspecified atom stereocenters. The molecule has 1 atom stereocenters. The molecular formula is C14H23N3O. The fourth-order valence-electron chi connectivity index (χ4n) is 2.16. The molecule has 1 aromatic carbocycles. The lowest BCUT2D eigenvalue weighted by Gasteiger charge is -2.32. The summed E-state index contributed by atoms with van der Waals surface area (Å²) in [7, 11) is 1.94. The maximum absolute atomic E-state index is 12.0. The van der Waals surface area contributed by atoms with Crippen molar-refractivity contribution in [3.8, 4) is 0 Å². The van der Waals surface area contributed by atoms with E-state index in [2.05, 4.69) is 26.2 Å². The molecule has 0 aliphatic rings. The molecule has 4 nitrogen and oxygen atoms in total. The number of amides is 1. The van der Waals surface area contributed by atoms with Gasteiger partial charge in [0.05, 0.1) is 0 Å². The van der Waals surface area contributed by atoms with E-state index in [1.807, 2.05) is 42.3 Å². The topological polar surface area (TPSA) is 58.4 Å². The van der Waals surface area contributed by atoms with E-state index in [1.54, 1.807) is 0 Å². The van der Waals surface area contributed by atoms with E-state index >= 15 is 0 Å². The maximum Gasteiger partial charge on any atom is 0.255 e. The van der Waals surface area contributed by atoms with E-state index < -0.39 is 0 Å². The Morgan fingerprint density at radius 1 is 1.33 bits per heavy atom. The van der Waals surface area contributed by atoms with Crippen LogP contribution in [0.15, 0.2) is 30.3 Å². The number of benzene rings is 1. The van der Waals surface area contributed by atoms with Gasteiger partial charge in [0.2, 0.25) is 0 Å². The molecule has 0 bridgehead atoms. The minimum Gasteiger partial charge on any atom is -0.293 e. The second-order valence-corrected chi connectivity index (χ2v) is 5.80. The van der Waals surface area contributed by atoms with Crippen molar-refractivity contribution < 1.29 is 4.79 Å². The molecule has 0 aliphatic heterocycles. The van der Waals surface area contributed by atoms with Crippen molar-refractivity contribution in [2.45, 2.75) is 26.8 Å². The number of carbonyl (C=O) groups is 1. The van der Waals surface area contributed by atoms with E-state index in [1.165, 1.54) is 0 Å². The monoisotopic (exact) mass is 249 g/mol. The summed E-state index contributed by atoms with van der Waals surface area (Å²) in [6.45, 7) is 7.24. The van der Waals surface area contributed by atoms with Gasteiger partial charge in [0, 0.05) is 6.54 Å². The third kappa shape index (κ3) is 4.13. The molecular weight excluding hydrogens is 226 g/mol. The summed E-state index contributed by atoms with van der Waals surface area (Å²) in [6.07, 6.45) is 0. The van der Waals surface area contributed by atoms with Crippen molar-refractivity contribution in [3.63, 3.8) is 0 Å². The fraction of sp³-hybridized carbons (Fsp3) is 0.500. The third-order valence-corrected chi connectivity index (χ3v) is 2.67. The minimum atomic E-state index is -0.351. The number of rotatable bonds is 4. The lowest BCUT2D eigenvalue weighted by atomic mass is 9.94. The highest BCUT2D eigenvalue weighted by atomic mass is 16.2. The van der Waals surface area contributed by atoms with Crippen LogP contribution in [0.4, 0.5) is 0 Å². The van der Waals surface area contributed by atoms with Gasteiger partial charge in [-0.15, -0.1) is 0 Å². The quantitative estimate of drug-likeness (QED) is 0.485. The maximum atomic E-state index is 12.0. The average Bonchev–Trinajstić information content (AvgIpc) is 2.28. The largest absolute Gasteiger partial charge is 0.293 e. The normalized spacial score (nSPS) is 13.4. The van der Waals surface area contributed by atoms with Gasteiger partial charge < -0.3 is 0 Å². The molecule has 0 heterocycles. The first-order valence-electron chi connectivity index (χ1n) is 6.11. The summed E-state index contributed by atoms with van der Waals surface area (Å²) in [5, 5.41) is 0. The Morgan fingerprint density at radius 2 is 1.89 bits per heavy atom. The molecule has 0 radical (unpaired) electrons. The second kappa shape index (κ2) is 5.98. The summed E-state index contributed by atoms with van der Waals surface area (Å²) in [4.78, 5) is 14.0. The molecule has 18 heavy (non-hydrogen) atoms. The van der Waals surface area contributed by atoms with E-state index in [9.17, 15) is 4.79 Å². The second-order valence-electron chi connectivity index (χ2n) is 5.80. The summed E-state index contributed by atoms with van der Waals surface area (Å²) in [6, 6.07) is 9.33. The van der Waals surface area contributed by atoms with E-state index in [0.29, 0.717) is 0 Å². The molecule has 1 rings (SSSR count). The van der Waals surface area contributed by atoms with Crippen LogP contribution in [0.3, 0.4) is 0 Å². The van der Waals surface area contributed by atoms with Crippen LogP contribution < -0.4 is 11.3 Å². The van der Waals surface area contributed by atoms with Crippen LogP contribution in [0.5, 0.6) is 0 Å². The molecule has 0 saturated heterocycles. The summed E-state index contributed by atoms with van der Waals surface area (Å²) in [5.74, 6) is 5.10. The third-order valence-electron chi connectivity index (χ3n) is 2.67. The Labute approximate surface area is 109 Å². The van der Waals surface area contributed by atoms with E-state index in [-0.39, 0.29) is 17.4 Å². The van der Waals surface area contributed by atoms with Gasteiger partial charge in [-0.2, -0.15) is 0 Å². The average molecular weight is 249 g/mol. The van der Waals surface area contributed by atoms with Gasteiger partial charge in [-0.3, -0.25) is 15.1 Å². The Balaban J connectivity index is 2.96. The molecule has 0 fully saturated rings. The number of hydrogen-bond acceptors (Lipinski definition) is 3. The molecule has 0 spiro atoms. The molecule has 1 aromatic rings. The van der Waals surface area contributed by atoms with Crippen LogP contribution in [0.2, 0.25) is 0 Å². The smallest absolute Gasteiger partial charge is 0.255 e. The van der Waals surface area contributed by atoms with Gasteiger partial charge in [-0.25, -0.2) is 5.84 Å². The highest BCUT2D eigenvalue weighted by Gasteiger charge is 2.27. The highest BCUT2D eigenvalue weighted by molar-refractivity contribution is 5.82. The van der Waals surface area contributed by atoms with Crippen LogP contribution >= 0.6 is 0 Å². The Morgan fingerprint density at radius 3 is 2.33 bits per heavy atom. The van der Waals surface area contributed by atoms with Gasteiger partial charge >= 0.3 is 0 Å². The Bertz CT molecular complexity index is 384. The number of carbonyl (C=O) groups excluding carboxylic acids is 1. The summed E-state index contributed by atoms with van der Waals surface area (Å²) >= 11 is 0. The van der Waals surface area contributed by atoms with Crippen LogP contribution in [0.25, 0.3) is 0 Å². The van der Waals surface area contributed by atoms with Gasteiger partial charge in [-0.1, -0.05) is 51.1 Å². The first-order chi connectivity index (χ1) is 8.35. The van der Waals surface area contributed by atoms with E-state index in [4.69, 9.17) is 5.84 Å². The molecule has 3 N–H and O–H groups in total. The molecule has 0 aromatic heterocycles. The number of hydrogen-bond donors (Lipinski definition) is 2. The first-order valence-corrected chi connectivity index (χ1v) is 6.11. The van der Waals surface area contributed by atoms with Gasteiger partial charge in [0.25, 0.3) is 5.91 Å². The van der Waals surface area contributed by atoms with Crippen LogP contribution in [0, 0.1) is 5.41 Å². The van der Waals surface area contributed by atoms with Gasteiger partial charge in [-0.05, 0) is 18.0 Å². The molecule has 0 saturated carbocycles. The standard InChI is InChI=1S/C14H23N3O/c1-14(2,3)10-17(4)12(13(18)16-15)11-8-6-5-7-9-11/h5-9,12H,10,15H2,1-4H3,(H,16,18). The number of hydrazine groups is 1. The van der Waals surface area contributed by atoms with Crippen LogP contribution in [-0.4, -0.2) is 24.4 Å². The Kier molecular flexibility index (Phi) is 4.87. The van der Waals surface area contributed by atoms with Crippen molar-refractivity contribution in [3.05, 3.63) is 35.9 Å². The van der Waals surface area contributed by atoms with Crippen molar-refractivity contribution in [2.75, 3.05) is 13.6 Å². The molecule has 1 amide bonds. The minimum absolute atomic E-state index is 0.122. The number of nitrogens with zero attached hydrogens (tertiary/aromatic N) is 1. The lowest BCUT2D eigenvalue weighted by Crippen LogP contribution is -2.44. The first kappa shape index (κ1) is 14.7. The lowest BCUT2D eigenvalue weighted by molar-refractivity contribution is -0.126. The predicted octanol–water partition coefficient (Wildman–Crippen LogP) is 1.70. The zero-order valence-electron chi connectivity index (χ0n) is 11.6. The highest BCUT2D eigenvalue weighted by Crippen LogP contribution is 2.24. The zero-order valence-corrected chi connectivity index (χ0v) is 11.6. The van der Waals surface area contributed by atoms with Crippen molar-refractivity contribution in [1.82, 2.24) is 10.3 Å². The van der Waals surface area contributed by atoms with Crippen LogP contribution in [-0.2, 0) is 4.79 Å². The molecule has 100 valence electrons. The number of nitrogens with two attached hydrogens (primary N) is 1. The van der Waals surface area contributed by atoms with Crippen molar-refractivity contribution in [2.24, 2.45) is 11.3 Å². The predicted molar refractivity (Wildman–Crippen MR) is 73.6 cm³/mol. The number of likely N-dealkylation sites (N-methyl/N-ethyl adjacent to an activating group) is 1. The number of nitrogens with one attached hydrogen (secondary N) is 1. The summed E-state index contributed by atoms with van der Waals surface area (Å²) in [5.41, 5.74) is 3.32. The Hall–Kier alpha value is -1.39. The van der Waals surface area contributed by atoms with Gasteiger partial charge in [0.15, 0.2) is 0 Å². The van der Waals surface area contributed by atoms with Gasteiger partial charge in [0.1, 0.15) is 6.04 Å². The summed E-state index contributed by atoms with van der Waals surface area (Å²) < 4.78 is 0. The zero-order chi connectivity index (χ0) is 13.8. The van der Waals surface area contributed by atoms with E-state index in [0.717, 1.165) is 12.1 Å².